The summed E-state index contributed by atoms with van der Waals surface area (Å²) in [5.41, 5.74) is 7.74. The zero-order valence-electron chi connectivity index (χ0n) is 14.4. The molecule has 2 aromatic rings. The third-order valence-corrected chi connectivity index (χ3v) is 3.56. The first-order valence-corrected chi connectivity index (χ1v) is 7.96. The minimum Gasteiger partial charge on any atom is -0.382 e. The van der Waals surface area contributed by atoms with Crippen LogP contribution in [0.5, 0.6) is 0 Å². The number of hydrogen-bond donors (Lipinski definition) is 4. The minimum absolute atomic E-state index is 0.163. The largest absolute Gasteiger partial charge is 0.382 e. The van der Waals surface area contributed by atoms with Gasteiger partial charge in [0.25, 0.3) is 0 Å². The molecule has 2 rings (SSSR count). The molecule has 0 aliphatic carbocycles. The third-order valence-electron chi connectivity index (χ3n) is 3.56. The van der Waals surface area contributed by atoms with Gasteiger partial charge in [0.05, 0.1) is 30.7 Å². The summed E-state index contributed by atoms with van der Waals surface area (Å²) in [7, 11) is 0. The molecule has 1 aromatic carbocycles. The number of aromatic amines is 1. The number of aliphatic hydroxyl groups is 1. The minimum atomic E-state index is -1.53. The van der Waals surface area contributed by atoms with Crippen molar-refractivity contribution in [3.63, 3.8) is 0 Å². The van der Waals surface area contributed by atoms with Crippen molar-refractivity contribution in [1.29, 1.82) is 5.41 Å². The molecule has 0 bridgehead atoms. The van der Waals surface area contributed by atoms with E-state index in [-0.39, 0.29) is 11.9 Å². The molecule has 1 aromatic heterocycles. The van der Waals surface area contributed by atoms with E-state index >= 15 is 0 Å². The van der Waals surface area contributed by atoms with E-state index < -0.39 is 5.79 Å². The lowest BCUT2D eigenvalue weighted by molar-refractivity contribution is -0.234. The Bertz CT molecular complexity index is 710. The Labute approximate surface area is 147 Å². The summed E-state index contributed by atoms with van der Waals surface area (Å²) in [6.07, 6.45) is 0.537. The molecule has 2 atom stereocenters. The molecular formula is C18H24N4O3. The molecule has 0 amide bonds. The number of H-pyrrole nitrogens is 1. The first-order valence-electron chi connectivity index (χ1n) is 7.96. The van der Waals surface area contributed by atoms with Crippen molar-refractivity contribution in [1.82, 2.24) is 4.98 Å². The van der Waals surface area contributed by atoms with Crippen LogP contribution in [0.15, 0.2) is 47.5 Å². The number of nitrogens with one attached hydrogen (secondary N) is 2. The van der Waals surface area contributed by atoms with Crippen molar-refractivity contribution in [2.45, 2.75) is 32.3 Å². The number of amidine groups is 1. The number of benzene rings is 1. The molecule has 0 saturated heterocycles. The van der Waals surface area contributed by atoms with E-state index in [1.165, 1.54) is 0 Å². The topological polar surface area (TPSA) is 117 Å². The van der Waals surface area contributed by atoms with Gasteiger partial charge in [0, 0.05) is 0 Å². The van der Waals surface area contributed by atoms with Crippen molar-refractivity contribution in [3.8, 4) is 0 Å². The number of nitrogens with zero attached hydrogens (tertiary/aromatic N) is 1. The van der Waals surface area contributed by atoms with Gasteiger partial charge in [-0.1, -0.05) is 30.3 Å². The summed E-state index contributed by atoms with van der Waals surface area (Å²) in [5, 5.41) is 17.5. The summed E-state index contributed by atoms with van der Waals surface area (Å²) in [6.45, 7) is 4.20. The first-order chi connectivity index (χ1) is 11.9. The summed E-state index contributed by atoms with van der Waals surface area (Å²) in [6, 6.07) is 13.2. The maximum atomic E-state index is 10.6. The van der Waals surface area contributed by atoms with Crippen molar-refractivity contribution in [3.05, 3.63) is 59.4 Å². The van der Waals surface area contributed by atoms with E-state index in [4.69, 9.17) is 20.6 Å². The number of aliphatic imine (C=N–C) groups is 1. The molecule has 0 aliphatic heterocycles. The molecule has 25 heavy (non-hydrogen) atoms. The Morgan fingerprint density at radius 1 is 1.36 bits per heavy atom. The molecular weight excluding hydrogens is 320 g/mol. The van der Waals surface area contributed by atoms with Crippen molar-refractivity contribution >= 4 is 12.2 Å². The van der Waals surface area contributed by atoms with Gasteiger partial charge in [-0.05, 0) is 31.5 Å². The van der Waals surface area contributed by atoms with Crippen molar-refractivity contribution in [2.24, 2.45) is 10.7 Å². The molecule has 0 spiro atoms. The average Bonchev–Trinajstić information content (AvgIpc) is 3.07. The maximum Gasteiger partial charge on any atom is 0.204 e. The fourth-order valence-electron chi connectivity index (χ4n) is 2.36. The van der Waals surface area contributed by atoms with Gasteiger partial charge in [0.1, 0.15) is 12.2 Å². The molecule has 7 heteroatoms. The fourth-order valence-corrected chi connectivity index (χ4v) is 2.36. The molecule has 0 fully saturated rings. The second kappa shape index (κ2) is 8.57. The molecule has 5 N–H and O–H groups in total. The van der Waals surface area contributed by atoms with E-state index in [9.17, 15) is 5.11 Å². The molecule has 7 nitrogen and oxygen atoms in total. The number of nitrogens with two attached hydrogens (primary N) is 1. The van der Waals surface area contributed by atoms with Gasteiger partial charge < -0.3 is 25.3 Å². The third kappa shape index (κ3) is 5.53. The van der Waals surface area contributed by atoms with Crippen LogP contribution in [0.3, 0.4) is 0 Å². The molecule has 1 heterocycles. The predicted molar refractivity (Wildman–Crippen MR) is 96.5 cm³/mol. The summed E-state index contributed by atoms with van der Waals surface area (Å²) >= 11 is 0. The number of ether oxygens (including phenoxy) is 2. The summed E-state index contributed by atoms with van der Waals surface area (Å²) in [5.74, 6) is -1.37. The van der Waals surface area contributed by atoms with Gasteiger partial charge in [-0.2, -0.15) is 0 Å². The highest BCUT2D eigenvalue weighted by Gasteiger charge is 2.28. The standard InChI is InChI=1S/C18H24N4O3/c1-13(10-24-11-14-6-4-3-5-7-14)25-18(2,23)16-9-8-15(22-16)17(20)21-12-19/h3-9,12-13,22-23H,10-11H2,1-2H3,(H3,19,20,21). The normalized spacial score (nSPS) is 15.6. The second-order valence-electron chi connectivity index (χ2n) is 5.84. The van der Waals surface area contributed by atoms with E-state index in [1.54, 1.807) is 19.1 Å². The molecule has 134 valence electrons. The number of aromatic nitrogens is 1. The quantitative estimate of drug-likeness (QED) is 0.317. The van der Waals surface area contributed by atoms with Gasteiger partial charge in [0.2, 0.25) is 5.79 Å². The lowest BCUT2D eigenvalue weighted by atomic mass is 10.2. The fraction of sp³-hybridized carbons (Fsp3) is 0.333. The number of rotatable bonds is 9. The van der Waals surface area contributed by atoms with Gasteiger partial charge in [-0.25, -0.2) is 4.99 Å². The van der Waals surface area contributed by atoms with Gasteiger partial charge in [-0.15, -0.1) is 0 Å². The van der Waals surface area contributed by atoms with Crippen LogP contribution in [-0.4, -0.2) is 35.0 Å². The van der Waals surface area contributed by atoms with E-state index in [2.05, 4.69) is 9.98 Å². The Kier molecular flexibility index (Phi) is 6.46. The molecule has 0 radical (unpaired) electrons. The van der Waals surface area contributed by atoms with Gasteiger partial charge >= 0.3 is 0 Å². The SMILES string of the molecule is CC(COCc1ccccc1)OC(C)(O)c1ccc(C(N)=NC=N)[nH]1. The van der Waals surface area contributed by atoms with E-state index in [1.807, 2.05) is 37.3 Å². The number of hydrogen-bond acceptors (Lipinski definition) is 4. The van der Waals surface area contributed by atoms with Crippen LogP contribution >= 0.6 is 0 Å². The first kappa shape index (κ1) is 18.9. The predicted octanol–water partition coefficient (Wildman–Crippen LogP) is 2.11. The van der Waals surface area contributed by atoms with Crippen molar-refractivity contribution < 1.29 is 14.6 Å². The van der Waals surface area contributed by atoms with E-state index in [0.29, 0.717) is 24.6 Å². The maximum absolute atomic E-state index is 10.6. The average molecular weight is 344 g/mol. The van der Waals surface area contributed by atoms with Gasteiger partial charge in [-0.3, -0.25) is 5.41 Å². The smallest absolute Gasteiger partial charge is 0.204 e. The van der Waals surface area contributed by atoms with Crippen LogP contribution in [0.2, 0.25) is 0 Å². The Morgan fingerprint density at radius 3 is 2.76 bits per heavy atom. The zero-order chi connectivity index (χ0) is 18.3. The highest BCUT2D eigenvalue weighted by Crippen LogP contribution is 2.23. The lowest BCUT2D eigenvalue weighted by Crippen LogP contribution is -2.32. The van der Waals surface area contributed by atoms with Crippen molar-refractivity contribution in [2.75, 3.05) is 6.61 Å². The summed E-state index contributed by atoms with van der Waals surface area (Å²) in [4.78, 5) is 6.63. The lowest BCUT2D eigenvalue weighted by Gasteiger charge is -2.27. The van der Waals surface area contributed by atoms with Crippen LogP contribution in [0.1, 0.15) is 30.8 Å². The Morgan fingerprint density at radius 2 is 2.08 bits per heavy atom. The Hall–Kier alpha value is -2.48. The Balaban J connectivity index is 1.89. The zero-order valence-corrected chi connectivity index (χ0v) is 14.4. The second-order valence-corrected chi connectivity index (χ2v) is 5.84. The monoisotopic (exact) mass is 344 g/mol. The van der Waals surface area contributed by atoms with Crippen LogP contribution in [0.4, 0.5) is 0 Å². The van der Waals surface area contributed by atoms with Crippen LogP contribution < -0.4 is 5.73 Å². The van der Waals surface area contributed by atoms with Crippen LogP contribution in [0, 0.1) is 5.41 Å². The summed E-state index contributed by atoms with van der Waals surface area (Å²) < 4.78 is 11.3. The highest BCUT2D eigenvalue weighted by molar-refractivity contribution is 5.99. The highest BCUT2D eigenvalue weighted by atomic mass is 16.6. The van der Waals surface area contributed by atoms with E-state index in [0.717, 1.165) is 11.9 Å². The molecule has 2 unspecified atom stereocenters. The van der Waals surface area contributed by atoms with Crippen LogP contribution in [-0.2, 0) is 21.9 Å². The molecule has 0 aliphatic rings. The van der Waals surface area contributed by atoms with Crippen LogP contribution in [0.25, 0.3) is 0 Å². The van der Waals surface area contributed by atoms with Gasteiger partial charge in [0.15, 0.2) is 0 Å². The molecule has 0 saturated carbocycles.